The molecule has 144 valence electrons. The number of nitrogens with one attached hydrogen (secondary N) is 1. The average Bonchev–Trinajstić information content (AvgIpc) is 2.99. The second-order valence-corrected chi connectivity index (χ2v) is 9.25. The molecule has 1 atom stereocenters. The van der Waals surface area contributed by atoms with Gasteiger partial charge in [0.2, 0.25) is 0 Å². The fourth-order valence-corrected chi connectivity index (χ4v) is 5.09. The molecule has 0 spiro atoms. The van der Waals surface area contributed by atoms with Crippen LogP contribution in [0.3, 0.4) is 0 Å². The van der Waals surface area contributed by atoms with Crippen molar-refractivity contribution in [1.82, 2.24) is 9.88 Å². The largest absolute Gasteiger partial charge is 0.340 e. The molecule has 1 aliphatic rings. The minimum absolute atomic E-state index is 0.0479. The highest BCUT2D eigenvalue weighted by atomic mass is 32.2. The third-order valence-corrected chi connectivity index (χ3v) is 6.67. The Kier molecular flexibility index (Phi) is 5.51. The lowest BCUT2D eigenvalue weighted by Crippen LogP contribution is -2.41. The highest BCUT2D eigenvalue weighted by Crippen LogP contribution is 2.22. The minimum atomic E-state index is -3.03. The van der Waals surface area contributed by atoms with E-state index in [4.69, 9.17) is 0 Å². The molecule has 3 rings (SSSR count). The maximum atomic E-state index is 12.8. The van der Waals surface area contributed by atoms with E-state index < -0.39 is 9.84 Å². The summed E-state index contributed by atoms with van der Waals surface area (Å²) in [5.41, 5.74) is 3.71. The zero-order chi connectivity index (χ0) is 19.6. The summed E-state index contributed by atoms with van der Waals surface area (Å²) in [6.45, 7) is 6.39. The van der Waals surface area contributed by atoms with Gasteiger partial charge in [-0.05, 0) is 56.5 Å². The van der Waals surface area contributed by atoms with Gasteiger partial charge >= 0.3 is 0 Å². The number of nitrogens with zero attached hydrogens (tertiary/aromatic N) is 2. The Bertz CT molecular complexity index is 939. The second-order valence-electron chi connectivity index (χ2n) is 7.02. The van der Waals surface area contributed by atoms with Gasteiger partial charge in [-0.1, -0.05) is 12.1 Å². The molecule has 1 saturated heterocycles. The van der Waals surface area contributed by atoms with E-state index in [1.807, 2.05) is 26.8 Å². The van der Waals surface area contributed by atoms with E-state index >= 15 is 0 Å². The highest BCUT2D eigenvalue weighted by Gasteiger charge is 2.34. The number of carbonyl (C=O) groups is 1. The standard InChI is InChI=1S/C20H25N3O3S/c1-4-23(17-9-10-27(25,26)13-17)20(24)16-7-8-19(21-12-16)22-18-11-14(2)5-6-15(18)3/h5-8,11-12,17H,4,9-10,13H2,1-3H3,(H,21,22). The molecule has 27 heavy (non-hydrogen) atoms. The van der Waals surface area contributed by atoms with Crippen molar-refractivity contribution < 1.29 is 13.2 Å². The van der Waals surface area contributed by atoms with Gasteiger partial charge in [0.05, 0.1) is 17.1 Å². The third kappa shape index (κ3) is 4.47. The number of carbonyl (C=O) groups excluding carboxylic acids is 1. The molecule has 1 amide bonds. The number of sulfone groups is 1. The Morgan fingerprint density at radius 2 is 2.04 bits per heavy atom. The molecule has 2 aromatic rings. The van der Waals surface area contributed by atoms with Crippen LogP contribution in [0.15, 0.2) is 36.5 Å². The first-order valence-corrected chi connectivity index (χ1v) is 10.9. The quantitative estimate of drug-likeness (QED) is 0.853. The van der Waals surface area contributed by atoms with E-state index in [-0.39, 0.29) is 23.5 Å². The van der Waals surface area contributed by atoms with E-state index in [9.17, 15) is 13.2 Å². The molecule has 0 saturated carbocycles. The highest BCUT2D eigenvalue weighted by molar-refractivity contribution is 7.91. The number of benzene rings is 1. The Hall–Kier alpha value is -2.41. The summed E-state index contributed by atoms with van der Waals surface area (Å²) in [4.78, 5) is 18.8. The molecule has 1 N–H and O–H groups in total. The van der Waals surface area contributed by atoms with Crippen LogP contribution >= 0.6 is 0 Å². The normalized spacial score (nSPS) is 18.3. The van der Waals surface area contributed by atoms with Crippen LogP contribution in [-0.2, 0) is 9.84 Å². The van der Waals surface area contributed by atoms with Gasteiger partial charge in [-0.15, -0.1) is 0 Å². The smallest absolute Gasteiger partial charge is 0.255 e. The Balaban J connectivity index is 1.74. The second kappa shape index (κ2) is 7.68. The number of anilines is 2. The topological polar surface area (TPSA) is 79.4 Å². The Morgan fingerprint density at radius 1 is 1.26 bits per heavy atom. The van der Waals surface area contributed by atoms with Gasteiger partial charge < -0.3 is 10.2 Å². The van der Waals surface area contributed by atoms with Gasteiger partial charge in [0.25, 0.3) is 5.91 Å². The molecule has 6 nitrogen and oxygen atoms in total. The zero-order valence-electron chi connectivity index (χ0n) is 15.9. The molecule has 1 aromatic heterocycles. The number of hydrogen-bond acceptors (Lipinski definition) is 5. The fraction of sp³-hybridized carbons (Fsp3) is 0.400. The first-order valence-electron chi connectivity index (χ1n) is 9.11. The van der Waals surface area contributed by atoms with Crippen molar-refractivity contribution in [2.75, 3.05) is 23.4 Å². The Morgan fingerprint density at radius 3 is 2.63 bits per heavy atom. The van der Waals surface area contributed by atoms with Gasteiger partial charge in [0.15, 0.2) is 9.84 Å². The molecule has 0 aliphatic carbocycles. The maximum absolute atomic E-state index is 12.8. The zero-order valence-corrected chi connectivity index (χ0v) is 16.7. The van der Waals surface area contributed by atoms with E-state index in [0.29, 0.717) is 24.3 Å². The molecule has 0 bridgehead atoms. The number of rotatable bonds is 5. The van der Waals surface area contributed by atoms with Crippen molar-refractivity contribution >= 4 is 27.2 Å². The number of hydrogen-bond donors (Lipinski definition) is 1. The van der Waals surface area contributed by atoms with Crippen LogP contribution in [0.4, 0.5) is 11.5 Å². The van der Waals surface area contributed by atoms with Crippen LogP contribution in [0.1, 0.15) is 34.8 Å². The van der Waals surface area contributed by atoms with E-state index in [1.54, 1.807) is 23.2 Å². The lowest BCUT2D eigenvalue weighted by molar-refractivity contribution is 0.0708. The van der Waals surface area contributed by atoms with Gasteiger partial charge in [-0.3, -0.25) is 4.79 Å². The van der Waals surface area contributed by atoms with Gasteiger partial charge in [-0.25, -0.2) is 13.4 Å². The van der Waals surface area contributed by atoms with Gasteiger partial charge in [0, 0.05) is 24.5 Å². The lowest BCUT2D eigenvalue weighted by atomic mass is 10.1. The molecule has 1 unspecified atom stereocenters. The number of aromatic nitrogens is 1. The molecule has 1 aliphatic heterocycles. The summed E-state index contributed by atoms with van der Waals surface area (Å²) in [5.74, 6) is 0.683. The molecule has 7 heteroatoms. The van der Waals surface area contributed by atoms with Crippen molar-refractivity contribution in [2.45, 2.75) is 33.2 Å². The first kappa shape index (κ1) is 19.4. The fourth-order valence-electron chi connectivity index (χ4n) is 3.36. The molecule has 0 radical (unpaired) electrons. The van der Waals surface area contributed by atoms with Crippen LogP contribution < -0.4 is 5.32 Å². The maximum Gasteiger partial charge on any atom is 0.255 e. The number of pyridine rings is 1. The van der Waals surface area contributed by atoms with Crippen molar-refractivity contribution in [3.8, 4) is 0 Å². The summed E-state index contributed by atoms with van der Waals surface area (Å²) in [6, 6.07) is 9.40. The van der Waals surface area contributed by atoms with Gasteiger partial charge in [-0.2, -0.15) is 0 Å². The monoisotopic (exact) mass is 387 g/mol. The van der Waals surface area contributed by atoms with Crippen molar-refractivity contribution in [3.05, 3.63) is 53.2 Å². The predicted molar refractivity (Wildman–Crippen MR) is 107 cm³/mol. The predicted octanol–water partition coefficient (Wildman–Crippen LogP) is 3.09. The van der Waals surface area contributed by atoms with Crippen LogP contribution in [-0.4, -0.2) is 48.3 Å². The summed E-state index contributed by atoms with van der Waals surface area (Å²) < 4.78 is 23.5. The molecule has 1 fully saturated rings. The van der Waals surface area contributed by atoms with E-state index in [0.717, 1.165) is 16.8 Å². The Labute approximate surface area is 160 Å². The SMILES string of the molecule is CCN(C(=O)c1ccc(Nc2cc(C)ccc2C)nc1)C1CCS(=O)(=O)C1. The minimum Gasteiger partial charge on any atom is -0.340 e. The molecular formula is C20H25N3O3S. The summed E-state index contributed by atoms with van der Waals surface area (Å²) in [6.07, 6.45) is 2.05. The van der Waals surface area contributed by atoms with Crippen LogP contribution in [0.5, 0.6) is 0 Å². The molecular weight excluding hydrogens is 362 g/mol. The molecule has 2 heterocycles. The average molecular weight is 388 g/mol. The van der Waals surface area contributed by atoms with Crippen LogP contribution in [0, 0.1) is 13.8 Å². The van der Waals surface area contributed by atoms with Crippen LogP contribution in [0.2, 0.25) is 0 Å². The number of amides is 1. The van der Waals surface area contributed by atoms with Crippen molar-refractivity contribution in [2.24, 2.45) is 0 Å². The van der Waals surface area contributed by atoms with Crippen molar-refractivity contribution in [3.63, 3.8) is 0 Å². The lowest BCUT2D eigenvalue weighted by Gasteiger charge is -2.26. The van der Waals surface area contributed by atoms with Gasteiger partial charge in [0.1, 0.15) is 5.82 Å². The number of aryl methyl sites for hydroxylation is 2. The van der Waals surface area contributed by atoms with Crippen molar-refractivity contribution in [1.29, 1.82) is 0 Å². The summed E-state index contributed by atoms with van der Waals surface area (Å²) in [5, 5.41) is 3.27. The van der Waals surface area contributed by atoms with E-state index in [2.05, 4.69) is 22.4 Å². The first-order chi connectivity index (χ1) is 12.8. The van der Waals surface area contributed by atoms with Crippen LogP contribution in [0.25, 0.3) is 0 Å². The third-order valence-electron chi connectivity index (χ3n) is 4.92. The summed E-state index contributed by atoms with van der Waals surface area (Å²) >= 11 is 0. The van der Waals surface area contributed by atoms with E-state index in [1.165, 1.54) is 0 Å². The molecule has 1 aromatic carbocycles. The summed E-state index contributed by atoms with van der Waals surface area (Å²) in [7, 11) is -3.03.